The van der Waals surface area contributed by atoms with Crippen LogP contribution in [0.15, 0.2) is 30.3 Å². The SMILES string of the molecule is CC(=O)N(CCC(=O)N1CCOCC1)C(C)c1ccccc1. The lowest BCUT2D eigenvalue weighted by Crippen LogP contribution is -2.42. The number of amides is 2. The first kappa shape index (κ1) is 16.5. The van der Waals surface area contributed by atoms with E-state index in [2.05, 4.69) is 0 Å². The van der Waals surface area contributed by atoms with E-state index in [1.54, 1.807) is 11.8 Å². The minimum absolute atomic E-state index is 0.00821. The molecule has 1 atom stereocenters. The van der Waals surface area contributed by atoms with Crippen LogP contribution < -0.4 is 0 Å². The van der Waals surface area contributed by atoms with Crippen LogP contribution in [0, 0.1) is 0 Å². The predicted molar refractivity (Wildman–Crippen MR) is 84.3 cm³/mol. The van der Waals surface area contributed by atoms with Crippen molar-refractivity contribution >= 4 is 11.8 Å². The summed E-state index contributed by atoms with van der Waals surface area (Å²) in [6.45, 7) is 6.49. The number of hydrogen-bond acceptors (Lipinski definition) is 3. The van der Waals surface area contributed by atoms with Crippen molar-refractivity contribution in [2.45, 2.75) is 26.3 Å². The van der Waals surface area contributed by atoms with Crippen molar-refractivity contribution in [1.82, 2.24) is 9.80 Å². The van der Waals surface area contributed by atoms with E-state index in [0.717, 1.165) is 5.56 Å². The maximum atomic E-state index is 12.2. The van der Waals surface area contributed by atoms with Gasteiger partial charge in [0.2, 0.25) is 11.8 Å². The third kappa shape index (κ3) is 4.31. The van der Waals surface area contributed by atoms with E-state index >= 15 is 0 Å². The molecule has 0 bridgehead atoms. The van der Waals surface area contributed by atoms with Crippen LogP contribution in [-0.4, -0.2) is 54.5 Å². The summed E-state index contributed by atoms with van der Waals surface area (Å²) in [6.07, 6.45) is 0.358. The van der Waals surface area contributed by atoms with Crippen molar-refractivity contribution < 1.29 is 14.3 Å². The van der Waals surface area contributed by atoms with Crippen molar-refractivity contribution in [1.29, 1.82) is 0 Å². The second-order valence-electron chi connectivity index (χ2n) is 5.54. The van der Waals surface area contributed by atoms with Crippen LogP contribution in [-0.2, 0) is 14.3 Å². The molecule has 0 aliphatic carbocycles. The highest BCUT2D eigenvalue weighted by Gasteiger charge is 2.22. The summed E-state index contributed by atoms with van der Waals surface area (Å²) in [5, 5.41) is 0. The Bertz CT molecular complexity index is 498. The summed E-state index contributed by atoms with van der Waals surface area (Å²) in [6, 6.07) is 9.85. The van der Waals surface area contributed by atoms with Crippen molar-refractivity contribution in [2.24, 2.45) is 0 Å². The number of carbonyl (C=O) groups excluding carboxylic acids is 2. The van der Waals surface area contributed by atoms with Gasteiger partial charge in [-0.15, -0.1) is 0 Å². The van der Waals surface area contributed by atoms with E-state index < -0.39 is 0 Å². The van der Waals surface area contributed by atoms with Crippen LogP contribution in [0.4, 0.5) is 0 Å². The molecule has 2 amide bonds. The molecule has 1 heterocycles. The third-order valence-corrected chi connectivity index (χ3v) is 4.08. The lowest BCUT2D eigenvalue weighted by atomic mass is 10.1. The highest BCUT2D eigenvalue weighted by Crippen LogP contribution is 2.20. The molecule has 0 spiro atoms. The molecule has 22 heavy (non-hydrogen) atoms. The molecule has 1 unspecified atom stereocenters. The summed E-state index contributed by atoms with van der Waals surface area (Å²) < 4.78 is 5.25. The van der Waals surface area contributed by atoms with Gasteiger partial charge in [-0.3, -0.25) is 9.59 Å². The molecule has 0 saturated carbocycles. The summed E-state index contributed by atoms with van der Waals surface area (Å²) in [5.41, 5.74) is 1.08. The maximum absolute atomic E-state index is 12.2. The summed E-state index contributed by atoms with van der Waals surface area (Å²) in [4.78, 5) is 27.7. The van der Waals surface area contributed by atoms with Crippen LogP contribution >= 0.6 is 0 Å². The van der Waals surface area contributed by atoms with Gasteiger partial charge in [0.15, 0.2) is 0 Å². The van der Waals surface area contributed by atoms with Crippen LogP contribution in [0.25, 0.3) is 0 Å². The van der Waals surface area contributed by atoms with Crippen molar-refractivity contribution in [3.05, 3.63) is 35.9 Å². The van der Waals surface area contributed by atoms with Crippen molar-refractivity contribution in [3.8, 4) is 0 Å². The lowest BCUT2D eigenvalue weighted by Gasteiger charge is -2.31. The van der Waals surface area contributed by atoms with Gasteiger partial charge in [-0.2, -0.15) is 0 Å². The fourth-order valence-electron chi connectivity index (χ4n) is 2.72. The van der Waals surface area contributed by atoms with E-state index in [9.17, 15) is 9.59 Å². The Hall–Kier alpha value is -1.88. The summed E-state index contributed by atoms with van der Waals surface area (Å²) >= 11 is 0. The Labute approximate surface area is 131 Å². The highest BCUT2D eigenvalue weighted by molar-refractivity contribution is 5.78. The lowest BCUT2D eigenvalue weighted by molar-refractivity contribution is -0.137. The summed E-state index contributed by atoms with van der Waals surface area (Å²) in [7, 11) is 0. The Balaban J connectivity index is 1.94. The predicted octanol–water partition coefficient (Wildman–Crippen LogP) is 1.84. The van der Waals surface area contributed by atoms with Gasteiger partial charge in [0.25, 0.3) is 0 Å². The molecular formula is C17H24N2O3. The van der Waals surface area contributed by atoms with Gasteiger partial charge in [-0.05, 0) is 12.5 Å². The first-order chi connectivity index (χ1) is 10.6. The average molecular weight is 304 g/mol. The molecule has 1 aliphatic rings. The molecule has 2 rings (SSSR count). The molecule has 5 nitrogen and oxygen atoms in total. The van der Waals surface area contributed by atoms with Crippen molar-refractivity contribution in [3.63, 3.8) is 0 Å². The highest BCUT2D eigenvalue weighted by atomic mass is 16.5. The van der Waals surface area contributed by atoms with Crippen molar-refractivity contribution in [2.75, 3.05) is 32.8 Å². The molecule has 1 aliphatic heterocycles. The summed E-state index contributed by atoms with van der Waals surface area (Å²) in [5.74, 6) is 0.0842. The van der Waals surface area contributed by atoms with Gasteiger partial charge in [-0.25, -0.2) is 0 Å². The molecule has 0 radical (unpaired) electrons. The molecule has 1 aromatic rings. The number of morpholine rings is 1. The van der Waals surface area contributed by atoms with Crippen LogP contribution in [0.1, 0.15) is 31.9 Å². The van der Waals surface area contributed by atoms with E-state index in [0.29, 0.717) is 39.3 Å². The average Bonchev–Trinajstić information content (AvgIpc) is 2.56. The Morgan fingerprint density at radius 1 is 1.23 bits per heavy atom. The second kappa shape index (κ2) is 7.94. The zero-order valence-corrected chi connectivity index (χ0v) is 13.3. The molecule has 1 saturated heterocycles. The smallest absolute Gasteiger partial charge is 0.224 e. The van der Waals surface area contributed by atoms with Gasteiger partial charge in [-0.1, -0.05) is 30.3 Å². The Kier molecular flexibility index (Phi) is 5.95. The van der Waals surface area contributed by atoms with Crippen LogP contribution in [0.2, 0.25) is 0 Å². The van der Waals surface area contributed by atoms with Crippen LogP contribution in [0.5, 0.6) is 0 Å². The molecule has 120 valence electrons. The van der Waals surface area contributed by atoms with Gasteiger partial charge in [0.05, 0.1) is 19.3 Å². The first-order valence-corrected chi connectivity index (χ1v) is 7.77. The molecule has 1 aromatic carbocycles. The number of nitrogens with zero attached hydrogens (tertiary/aromatic N) is 2. The molecule has 1 fully saturated rings. The fourth-order valence-corrected chi connectivity index (χ4v) is 2.72. The zero-order valence-electron chi connectivity index (χ0n) is 13.3. The van der Waals surface area contributed by atoms with Gasteiger partial charge in [0.1, 0.15) is 0 Å². The first-order valence-electron chi connectivity index (χ1n) is 7.77. The normalized spacial score (nSPS) is 16.2. The number of hydrogen-bond donors (Lipinski definition) is 0. The minimum Gasteiger partial charge on any atom is -0.378 e. The number of ether oxygens (including phenoxy) is 1. The quantitative estimate of drug-likeness (QED) is 0.834. The Morgan fingerprint density at radius 2 is 1.86 bits per heavy atom. The topological polar surface area (TPSA) is 49.9 Å². The van der Waals surface area contributed by atoms with E-state index in [1.165, 1.54) is 0 Å². The molecular weight excluding hydrogens is 280 g/mol. The number of carbonyl (C=O) groups is 2. The largest absolute Gasteiger partial charge is 0.378 e. The zero-order chi connectivity index (χ0) is 15.9. The number of rotatable bonds is 5. The van der Waals surface area contributed by atoms with E-state index in [-0.39, 0.29) is 17.9 Å². The van der Waals surface area contributed by atoms with E-state index in [4.69, 9.17) is 4.74 Å². The van der Waals surface area contributed by atoms with Crippen LogP contribution in [0.3, 0.4) is 0 Å². The minimum atomic E-state index is -0.0313. The number of benzene rings is 1. The Morgan fingerprint density at radius 3 is 2.45 bits per heavy atom. The third-order valence-electron chi connectivity index (χ3n) is 4.08. The maximum Gasteiger partial charge on any atom is 0.224 e. The fraction of sp³-hybridized carbons (Fsp3) is 0.529. The van der Waals surface area contributed by atoms with Gasteiger partial charge in [0, 0.05) is 33.0 Å². The molecule has 5 heteroatoms. The molecule has 0 N–H and O–H groups in total. The van der Waals surface area contributed by atoms with Gasteiger partial charge < -0.3 is 14.5 Å². The molecule has 0 aromatic heterocycles. The standard InChI is InChI=1S/C17H24N2O3/c1-14(16-6-4-3-5-7-16)19(15(2)20)9-8-17(21)18-10-12-22-13-11-18/h3-7,14H,8-13H2,1-2H3. The van der Waals surface area contributed by atoms with Gasteiger partial charge >= 0.3 is 0 Å². The second-order valence-corrected chi connectivity index (χ2v) is 5.54. The monoisotopic (exact) mass is 304 g/mol. The van der Waals surface area contributed by atoms with E-state index in [1.807, 2.05) is 42.2 Å².